The molecule has 1 amide bonds. The zero-order chi connectivity index (χ0) is 15.5. The van der Waals surface area contributed by atoms with E-state index in [-0.39, 0.29) is 15.5 Å². The standard InChI is InChI=1S/C14H13ClN2O3S/c15-13-7-6-11(21(16,19)20)8-12(13)14(18)17-9-10-4-2-1-3-5-10/h1-8H,9H2,(H,17,18)(H2,16,19,20). The topological polar surface area (TPSA) is 89.3 Å². The molecule has 0 aliphatic rings. The second kappa shape index (κ2) is 6.26. The fourth-order valence-corrected chi connectivity index (χ4v) is 2.47. The van der Waals surface area contributed by atoms with E-state index < -0.39 is 15.9 Å². The lowest BCUT2D eigenvalue weighted by atomic mass is 10.2. The van der Waals surface area contributed by atoms with Crippen molar-refractivity contribution in [2.75, 3.05) is 0 Å². The predicted octanol–water partition coefficient (Wildman–Crippen LogP) is 1.92. The van der Waals surface area contributed by atoms with Gasteiger partial charge in [0, 0.05) is 6.54 Å². The molecule has 2 rings (SSSR count). The molecule has 0 spiro atoms. The van der Waals surface area contributed by atoms with Gasteiger partial charge in [-0.2, -0.15) is 0 Å². The number of carbonyl (C=O) groups is 1. The van der Waals surface area contributed by atoms with Crippen LogP contribution in [0.1, 0.15) is 15.9 Å². The number of hydrogen-bond donors (Lipinski definition) is 2. The van der Waals surface area contributed by atoms with Gasteiger partial charge < -0.3 is 5.32 Å². The summed E-state index contributed by atoms with van der Waals surface area (Å²) in [5.41, 5.74) is 0.990. The zero-order valence-corrected chi connectivity index (χ0v) is 12.5. The van der Waals surface area contributed by atoms with Crippen LogP contribution in [0.4, 0.5) is 0 Å². The summed E-state index contributed by atoms with van der Waals surface area (Å²) < 4.78 is 22.6. The molecule has 5 nitrogen and oxygen atoms in total. The highest BCUT2D eigenvalue weighted by Crippen LogP contribution is 2.20. The Morgan fingerprint density at radius 1 is 1.14 bits per heavy atom. The van der Waals surface area contributed by atoms with Gasteiger partial charge in [-0.1, -0.05) is 41.9 Å². The van der Waals surface area contributed by atoms with Crippen molar-refractivity contribution in [3.8, 4) is 0 Å². The molecule has 7 heteroatoms. The first-order valence-corrected chi connectivity index (χ1v) is 7.95. The highest BCUT2D eigenvalue weighted by molar-refractivity contribution is 7.89. The van der Waals surface area contributed by atoms with Crippen LogP contribution in [0.5, 0.6) is 0 Å². The van der Waals surface area contributed by atoms with Crippen molar-refractivity contribution in [1.82, 2.24) is 5.32 Å². The summed E-state index contributed by atoms with van der Waals surface area (Å²) in [5.74, 6) is -0.464. The maximum absolute atomic E-state index is 12.1. The minimum absolute atomic E-state index is 0.0686. The van der Waals surface area contributed by atoms with Crippen molar-refractivity contribution in [1.29, 1.82) is 0 Å². The Labute approximate surface area is 127 Å². The fourth-order valence-electron chi connectivity index (χ4n) is 1.73. The molecule has 21 heavy (non-hydrogen) atoms. The summed E-state index contributed by atoms with van der Waals surface area (Å²) in [4.78, 5) is 11.9. The number of primary sulfonamides is 1. The van der Waals surface area contributed by atoms with Crippen LogP contribution in [0.3, 0.4) is 0 Å². The van der Waals surface area contributed by atoms with Crippen molar-refractivity contribution in [2.45, 2.75) is 11.4 Å². The van der Waals surface area contributed by atoms with Gasteiger partial charge >= 0.3 is 0 Å². The van der Waals surface area contributed by atoms with Crippen LogP contribution in [0.15, 0.2) is 53.4 Å². The van der Waals surface area contributed by atoms with E-state index >= 15 is 0 Å². The third-order valence-corrected chi connectivity index (χ3v) is 4.05. The molecule has 0 aliphatic carbocycles. The summed E-state index contributed by atoms with van der Waals surface area (Å²) in [5, 5.41) is 7.87. The van der Waals surface area contributed by atoms with Gasteiger partial charge in [0.15, 0.2) is 0 Å². The lowest BCUT2D eigenvalue weighted by Gasteiger charge is -2.08. The molecule has 3 N–H and O–H groups in total. The molecule has 0 unspecified atom stereocenters. The first-order valence-electron chi connectivity index (χ1n) is 6.02. The van der Waals surface area contributed by atoms with Gasteiger partial charge in [-0.3, -0.25) is 4.79 Å². The minimum atomic E-state index is -3.88. The van der Waals surface area contributed by atoms with E-state index in [2.05, 4.69) is 5.32 Å². The largest absolute Gasteiger partial charge is 0.348 e. The van der Waals surface area contributed by atoms with Crippen molar-refractivity contribution in [3.63, 3.8) is 0 Å². The molecule has 0 atom stereocenters. The summed E-state index contributed by atoms with van der Waals surface area (Å²) in [6.45, 7) is 0.315. The Morgan fingerprint density at radius 2 is 1.81 bits per heavy atom. The lowest BCUT2D eigenvalue weighted by Crippen LogP contribution is -2.23. The number of carbonyl (C=O) groups excluding carboxylic acids is 1. The number of rotatable bonds is 4. The summed E-state index contributed by atoms with van der Waals surface area (Å²) in [6.07, 6.45) is 0. The number of nitrogens with two attached hydrogens (primary N) is 1. The molecule has 2 aromatic rings. The molecule has 0 saturated carbocycles. The van der Waals surface area contributed by atoms with Crippen LogP contribution in [0.25, 0.3) is 0 Å². The summed E-state index contributed by atoms with van der Waals surface area (Å²) >= 11 is 5.93. The molecular weight excluding hydrogens is 312 g/mol. The molecule has 110 valence electrons. The molecule has 0 fully saturated rings. The Balaban J connectivity index is 2.19. The van der Waals surface area contributed by atoms with Crippen molar-refractivity contribution in [3.05, 3.63) is 64.7 Å². The number of sulfonamides is 1. The molecule has 0 saturated heterocycles. The minimum Gasteiger partial charge on any atom is -0.348 e. The predicted molar refractivity (Wildman–Crippen MR) is 80.4 cm³/mol. The molecular formula is C14H13ClN2O3S. The van der Waals surface area contributed by atoms with Crippen molar-refractivity contribution in [2.24, 2.45) is 5.14 Å². The summed E-state index contributed by atoms with van der Waals surface area (Å²) in [7, 11) is -3.88. The van der Waals surface area contributed by atoms with Crippen LogP contribution in [0, 0.1) is 0 Å². The van der Waals surface area contributed by atoms with E-state index in [9.17, 15) is 13.2 Å². The average Bonchev–Trinajstić information content (AvgIpc) is 2.45. The average molecular weight is 325 g/mol. The maximum Gasteiger partial charge on any atom is 0.253 e. The van der Waals surface area contributed by atoms with E-state index in [4.69, 9.17) is 16.7 Å². The SMILES string of the molecule is NS(=O)(=O)c1ccc(Cl)c(C(=O)NCc2ccccc2)c1. The second-order valence-electron chi connectivity index (χ2n) is 4.35. The van der Waals surface area contributed by atoms with Gasteiger partial charge in [-0.15, -0.1) is 0 Å². The monoisotopic (exact) mass is 324 g/mol. The molecule has 0 aromatic heterocycles. The van der Waals surface area contributed by atoms with Crippen molar-refractivity contribution >= 4 is 27.5 Å². The van der Waals surface area contributed by atoms with E-state index in [1.165, 1.54) is 12.1 Å². The second-order valence-corrected chi connectivity index (χ2v) is 6.32. The number of benzene rings is 2. The maximum atomic E-state index is 12.1. The van der Waals surface area contributed by atoms with E-state index in [1.54, 1.807) is 0 Å². The Hall–Kier alpha value is -1.89. The van der Waals surface area contributed by atoms with Gasteiger partial charge in [-0.05, 0) is 23.8 Å². The van der Waals surface area contributed by atoms with Gasteiger partial charge in [-0.25, -0.2) is 13.6 Å². The zero-order valence-electron chi connectivity index (χ0n) is 10.9. The third-order valence-electron chi connectivity index (χ3n) is 2.81. The van der Waals surface area contributed by atoms with Crippen LogP contribution in [-0.2, 0) is 16.6 Å². The number of nitrogens with one attached hydrogen (secondary N) is 1. The normalized spacial score (nSPS) is 11.1. The Bertz CT molecular complexity index is 761. The number of halogens is 1. The first-order chi connectivity index (χ1) is 9.88. The van der Waals surface area contributed by atoms with Crippen molar-refractivity contribution < 1.29 is 13.2 Å². The highest BCUT2D eigenvalue weighted by Gasteiger charge is 2.15. The first kappa shape index (κ1) is 15.5. The highest BCUT2D eigenvalue weighted by atomic mass is 35.5. The van der Waals surface area contributed by atoms with Crippen LogP contribution < -0.4 is 10.5 Å². The van der Waals surface area contributed by atoms with Gasteiger partial charge in [0.1, 0.15) is 0 Å². The molecule has 0 aliphatic heterocycles. The molecule has 0 bridgehead atoms. The lowest BCUT2D eigenvalue weighted by molar-refractivity contribution is 0.0951. The van der Waals surface area contributed by atoms with E-state index in [0.717, 1.165) is 11.6 Å². The van der Waals surface area contributed by atoms with Gasteiger partial charge in [0.2, 0.25) is 10.0 Å². The Morgan fingerprint density at radius 3 is 2.43 bits per heavy atom. The Kier molecular flexibility index (Phi) is 4.62. The third kappa shape index (κ3) is 4.04. The quantitative estimate of drug-likeness (QED) is 0.900. The van der Waals surface area contributed by atoms with Crippen LogP contribution >= 0.6 is 11.6 Å². The van der Waals surface area contributed by atoms with Gasteiger partial charge in [0.25, 0.3) is 5.91 Å². The van der Waals surface area contributed by atoms with E-state index in [1.807, 2.05) is 30.3 Å². The number of amides is 1. The van der Waals surface area contributed by atoms with Crippen LogP contribution in [0.2, 0.25) is 5.02 Å². The molecule has 2 aromatic carbocycles. The molecule has 0 radical (unpaired) electrons. The van der Waals surface area contributed by atoms with E-state index in [0.29, 0.717) is 6.54 Å². The molecule has 0 heterocycles. The van der Waals surface area contributed by atoms with Crippen LogP contribution in [-0.4, -0.2) is 14.3 Å². The number of hydrogen-bond acceptors (Lipinski definition) is 3. The van der Waals surface area contributed by atoms with Gasteiger partial charge in [0.05, 0.1) is 15.5 Å². The smallest absolute Gasteiger partial charge is 0.253 e. The fraction of sp³-hybridized carbons (Fsp3) is 0.0714. The summed E-state index contributed by atoms with van der Waals surface area (Å²) in [6, 6.07) is 13.1.